The first-order valence-electron chi connectivity index (χ1n) is 9.86. The third-order valence-corrected chi connectivity index (χ3v) is 5.07. The van der Waals surface area contributed by atoms with Crippen molar-refractivity contribution in [1.29, 1.82) is 0 Å². The summed E-state index contributed by atoms with van der Waals surface area (Å²) in [5, 5.41) is 3.09. The Morgan fingerprint density at radius 3 is 2.14 bits per heavy atom. The number of rotatable bonds is 7. The average molecular weight is 384 g/mol. The number of nitrogens with one attached hydrogen (secondary N) is 1. The third kappa shape index (κ3) is 5.06. The Kier molecular flexibility index (Phi) is 7.11. The first-order chi connectivity index (χ1) is 13.1. The van der Waals surface area contributed by atoms with Gasteiger partial charge >= 0.3 is 0 Å². The highest BCUT2D eigenvalue weighted by atomic mass is 16.5. The third-order valence-electron chi connectivity index (χ3n) is 5.07. The SMILES string of the molecule is COc1cc(C)c([C@@H](C)NC(=O)[C@H](C)Oc2ccc(C)cc2C)cc1C(C)C. The minimum atomic E-state index is -0.577. The van der Waals surface area contributed by atoms with Crippen LogP contribution in [0, 0.1) is 20.8 Å². The number of aryl methyl sites for hydroxylation is 3. The Balaban J connectivity index is 2.14. The van der Waals surface area contributed by atoms with Gasteiger partial charge in [0, 0.05) is 0 Å². The van der Waals surface area contributed by atoms with Crippen molar-refractivity contribution in [2.45, 2.75) is 66.5 Å². The fourth-order valence-electron chi connectivity index (χ4n) is 3.39. The maximum atomic E-state index is 12.7. The monoisotopic (exact) mass is 383 g/mol. The molecule has 2 aromatic rings. The van der Waals surface area contributed by atoms with Crippen molar-refractivity contribution in [2.75, 3.05) is 7.11 Å². The maximum absolute atomic E-state index is 12.7. The van der Waals surface area contributed by atoms with E-state index < -0.39 is 6.10 Å². The van der Waals surface area contributed by atoms with Crippen molar-refractivity contribution in [2.24, 2.45) is 0 Å². The lowest BCUT2D eigenvalue weighted by atomic mass is 9.93. The zero-order valence-corrected chi connectivity index (χ0v) is 18.3. The van der Waals surface area contributed by atoms with Crippen LogP contribution < -0.4 is 14.8 Å². The molecule has 0 radical (unpaired) electrons. The molecule has 2 aromatic carbocycles. The minimum Gasteiger partial charge on any atom is -0.496 e. The number of hydrogen-bond acceptors (Lipinski definition) is 3. The van der Waals surface area contributed by atoms with Crippen LogP contribution in [0.1, 0.15) is 67.5 Å². The van der Waals surface area contributed by atoms with Gasteiger partial charge in [-0.15, -0.1) is 0 Å². The van der Waals surface area contributed by atoms with Crippen LogP contribution in [0.3, 0.4) is 0 Å². The first-order valence-corrected chi connectivity index (χ1v) is 9.86. The van der Waals surface area contributed by atoms with Crippen LogP contribution in [0.15, 0.2) is 30.3 Å². The van der Waals surface area contributed by atoms with Crippen molar-refractivity contribution in [3.05, 3.63) is 58.1 Å². The summed E-state index contributed by atoms with van der Waals surface area (Å²) in [6.45, 7) is 14.1. The number of carbonyl (C=O) groups is 1. The van der Waals surface area contributed by atoms with Crippen molar-refractivity contribution >= 4 is 5.91 Å². The van der Waals surface area contributed by atoms with E-state index in [1.165, 1.54) is 5.56 Å². The van der Waals surface area contributed by atoms with Gasteiger partial charge in [0.2, 0.25) is 0 Å². The summed E-state index contributed by atoms with van der Waals surface area (Å²) in [4.78, 5) is 12.7. The molecule has 0 bridgehead atoms. The molecule has 0 aliphatic rings. The molecule has 0 aromatic heterocycles. The molecule has 28 heavy (non-hydrogen) atoms. The summed E-state index contributed by atoms with van der Waals surface area (Å²) in [6.07, 6.45) is -0.577. The quantitative estimate of drug-likeness (QED) is 0.697. The van der Waals surface area contributed by atoms with E-state index in [-0.39, 0.29) is 11.9 Å². The number of amides is 1. The fraction of sp³-hybridized carbons (Fsp3) is 0.458. The van der Waals surface area contributed by atoms with Crippen LogP contribution in [0.25, 0.3) is 0 Å². The van der Waals surface area contributed by atoms with E-state index in [1.807, 2.05) is 45.9 Å². The molecule has 0 heterocycles. The molecule has 0 aliphatic carbocycles. The molecule has 0 unspecified atom stereocenters. The van der Waals surface area contributed by atoms with Gasteiger partial charge in [-0.25, -0.2) is 0 Å². The van der Waals surface area contributed by atoms with Crippen molar-refractivity contribution in [1.82, 2.24) is 5.32 Å². The van der Waals surface area contributed by atoms with Crippen LogP contribution >= 0.6 is 0 Å². The summed E-state index contributed by atoms with van der Waals surface area (Å²) in [5.74, 6) is 1.84. The average Bonchev–Trinajstić information content (AvgIpc) is 2.63. The Labute approximate surface area is 169 Å². The molecule has 0 fully saturated rings. The normalized spacial score (nSPS) is 13.2. The molecule has 1 amide bonds. The highest BCUT2D eigenvalue weighted by Gasteiger charge is 2.21. The molecule has 0 saturated heterocycles. The van der Waals surface area contributed by atoms with E-state index >= 15 is 0 Å². The topological polar surface area (TPSA) is 47.6 Å². The molecule has 2 atom stereocenters. The Hall–Kier alpha value is -2.49. The van der Waals surface area contributed by atoms with Gasteiger partial charge in [0.25, 0.3) is 5.91 Å². The second kappa shape index (κ2) is 9.13. The number of methoxy groups -OCH3 is 1. The zero-order valence-electron chi connectivity index (χ0n) is 18.3. The van der Waals surface area contributed by atoms with E-state index in [0.29, 0.717) is 5.92 Å². The van der Waals surface area contributed by atoms with Gasteiger partial charge < -0.3 is 14.8 Å². The second-order valence-electron chi connectivity index (χ2n) is 7.86. The van der Waals surface area contributed by atoms with Crippen LogP contribution in [0.2, 0.25) is 0 Å². The molecule has 1 N–H and O–H groups in total. The molecule has 2 rings (SSSR count). The van der Waals surface area contributed by atoms with Gasteiger partial charge in [-0.05, 0) is 81.0 Å². The van der Waals surface area contributed by atoms with Crippen LogP contribution in [-0.2, 0) is 4.79 Å². The number of hydrogen-bond donors (Lipinski definition) is 1. The largest absolute Gasteiger partial charge is 0.496 e. The number of ether oxygens (including phenoxy) is 2. The van der Waals surface area contributed by atoms with E-state index in [4.69, 9.17) is 9.47 Å². The predicted octanol–water partition coefficient (Wildman–Crippen LogP) is 5.39. The molecule has 0 spiro atoms. The van der Waals surface area contributed by atoms with E-state index in [9.17, 15) is 4.79 Å². The smallest absolute Gasteiger partial charge is 0.261 e. The second-order valence-corrected chi connectivity index (χ2v) is 7.86. The summed E-state index contributed by atoms with van der Waals surface area (Å²) >= 11 is 0. The maximum Gasteiger partial charge on any atom is 0.261 e. The van der Waals surface area contributed by atoms with Crippen molar-refractivity contribution in [3.8, 4) is 11.5 Å². The lowest BCUT2D eigenvalue weighted by Crippen LogP contribution is -2.38. The Morgan fingerprint density at radius 2 is 1.57 bits per heavy atom. The van der Waals surface area contributed by atoms with Gasteiger partial charge in [0.1, 0.15) is 11.5 Å². The Bertz CT molecular complexity index is 842. The van der Waals surface area contributed by atoms with Gasteiger partial charge in [-0.2, -0.15) is 0 Å². The van der Waals surface area contributed by atoms with Gasteiger partial charge in [-0.3, -0.25) is 4.79 Å². The lowest BCUT2D eigenvalue weighted by molar-refractivity contribution is -0.127. The summed E-state index contributed by atoms with van der Waals surface area (Å²) in [5.41, 5.74) is 5.53. The van der Waals surface area contributed by atoms with E-state index in [0.717, 1.165) is 33.8 Å². The summed E-state index contributed by atoms with van der Waals surface area (Å²) < 4.78 is 11.4. The van der Waals surface area contributed by atoms with Gasteiger partial charge in [0.15, 0.2) is 6.10 Å². The highest BCUT2D eigenvalue weighted by Crippen LogP contribution is 2.32. The highest BCUT2D eigenvalue weighted by molar-refractivity contribution is 5.81. The number of carbonyl (C=O) groups excluding carboxylic acids is 1. The molecule has 4 heteroatoms. The number of benzene rings is 2. The van der Waals surface area contributed by atoms with E-state index in [2.05, 4.69) is 31.3 Å². The molecular weight excluding hydrogens is 350 g/mol. The van der Waals surface area contributed by atoms with Crippen LogP contribution in [0.5, 0.6) is 11.5 Å². The predicted molar refractivity (Wildman–Crippen MR) is 114 cm³/mol. The summed E-state index contributed by atoms with van der Waals surface area (Å²) in [7, 11) is 1.69. The van der Waals surface area contributed by atoms with Crippen LogP contribution in [0.4, 0.5) is 0 Å². The van der Waals surface area contributed by atoms with E-state index in [1.54, 1.807) is 14.0 Å². The van der Waals surface area contributed by atoms with Crippen molar-refractivity contribution < 1.29 is 14.3 Å². The van der Waals surface area contributed by atoms with Gasteiger partial charge in [0.05, 0.1) is 13.2 Å². The Morgan fingerprint density at radius 1 is 0.893 bits per heavy atom. The van der Waals surface area contributed by atoms with Crippen LogP contribution in [-0.4, -0.2) is 19.1 Å². The lowest BCUT2D eigenvalue weighted by Gasteiger charge is -2.23. The standard InChI is InChI=1S/C24H33NO3/c1-14(2)20-13-21(16(4)12-23(20)27-8)18(6)25-24(26)19(7)28-22-10-9-15(3)11-17(22)5/h9-14,18-19H,1-8H3,(H,25,26)/t18-,19+/m1/s1. The van der Waals surface area contributed by atoms with Crippen molar-refractivity contribution in [3.63, 3.8) is 0 Å². The zero-order chi connectivity index (χ0) is 21.0. The van der Waals surface area contributed by atoms with Gasteiger partial charge in [-0.1, -0.05) is 31.5 Å². The molecule has 152 valence electrons. The molecule has 0 saturated carbocycles. The molecular formula is C24H33NO3. The first kappa shape index (κ1) is 21.8. The minimum absolute atomic E-state index is 0.124. The molecule has 4 nitrogen and oxygen atoms in total. The summed E-state index contributed by atoms with van der Waals surface area (Å²) in [6, 6.07) is 10.0. The fourth-order valence-corrected chi connectivity index (χ4v) is 3.39. The molecule has 0 aliphatic heterocycles.